The zero-order chi connectivity index (χ0) is 18.3. The summed E-state index contributed by atoms with van der Waals surface area (Å²) in [6.45, 7) is 0. The number of nitrogens with zero attached hydrogens (tertiary/aromatic N) is 2. The van der Waals surface area contributed by atoms with Gasteiger partial charge in [-0.15, -0.1) is 0 Å². The molecule has 0 aliphatic heterocycles. The molecule has 3 heteroatoms. The average Bonchev–Trinajstić information content (AvgIpc) is 3.52. The minimum Gasteiger partial charge on any atom is -0.232 e. The fourth-order valence-corrected chi connectivity index (χ4v) is 2.97. The van der Waals surface area contributed by atoms with Gasteiger partial charge >= 0.3 is 0 Å². The van der Waals surface area contributed by atoms with Crippen LogP contribution in [0.15, 0.2) is 109 Å². The van der Waals surface area contributed by atoms with Crippen molar-refractivity contribution in [2.75, 3.05) is 0 Å². The molecule has 3 aromatic rings. The van der Waals surface area contributed by atoms with Crippen molar-refractivity contribution in [3.8, 4) is 16.9 Å². The Morgan fingerprint density at radius 3 is 1.93 bits per heavy atom. The fourth-order valence-electron chi connectivity index (χ4n) is 2.97. The standard InChI is InChI=1S/C20H15N2.C5H5.Fe/c1-3-11-17(12-4-1)20-15-19(16-9-7-8-10-16)21-22(20)18-13-5-2-6-14-18;1-2-4-5-3-1;/h1-15H;1-5H;. The van der Waals surface area contributed by atoms with E-state index in [1.165, 1.54) is 0 Å². The van der Waals surface area contributed by atoms with E-state index in [2.05, 4.69) is 54.6 Å². The van der Waals surface area contributed by atoms with Crippen molar-refractivity contribution in [3.63, 3.8) is 0 Å². The molecule has 0 bridgehead atoms. The maximum Gasteiger partial charge on any atom is 0.0931 e. The van der Waals surface area contributed by atoms with E-state index < -0.39 is 0 Å². The van der Waals surface area contributed by atoms with Crippen LogP contribution in [0.4, 0.5) is 0 Å². The van der Waals surface area contributed by atoms with Crippen LogP contribution < -0.4 is 0 Å². The molecule has 2 aromatic carbocycles. The van der Waals surface area contributed by atoms with E-state index in [0.717, 1.165) is 28.2 Å². The number of hydrogen-bond acceptors (Lipinski definition) is 1. The summed E-state index contributed by atoms with van der Waals surface area (Å²) < 4.78 is 2.01. The first-order chi connectivity index (χ1) is 13.4. The predicted octanol–water partition coefficient (Wildman–Crippen LogP) is 6.01. The third kappa shape index (κ3) is 4.69. The van der Waals surface area contributed by atoms with Crippen LogP contribution in [-0.2, 0) is 17.1 Å². The zero-order valence-corrected chi connectivity index (χ0v) is 16.4. The summed E-state index contributed by atoms with van der Waals surface area (Å²) in [5, 5.41) is 4.82. The van der Waals surface area contributed by atoms with E-state index in [9.17, 15) is 0 Å². The number of hydrogen-bond donors (Lipinski definition) is 0. The van der Waals surface area contributed by atoms with Crippen molar-refractivity contribution < 1.29 is 17.1 Å². The molecule has 138 valence electrons. The number of rotatable bonds is 3. The van der Waals surface area contributed by atoms with E-state index in [1.54, 1.807) is 0 Å². The quantitative estimate of drug-likeness (QED) is 0.489. The van der Waals surface area contributed by atoms with Crippen LogP contribution in [-0.4, -0.2) is 9.78 Å². The predicted molar refractivity (Wildman–Crippen MR) is 113 cm³/mol. The van der Waals surface area contributed by atoms with Crippen molar-refractivity contribution >= 4 is 5.57 Å². The van der Waals surface area contributed by atoms with Gasteiger partial charge in [0.05, 0.1) is 17.1 Å². The fraction of sp³-hybridized carbons (Fsp3) is 0. The van der Waals surface area contributed by atoms with Gasteiger partial charge in [-0.1, -0.05) is 91.1 Å². The topological polar surface area (TPSA) is 17.8 Å². The second kappa shape index (κ2) is 9.89. The third-order valence-corrected chi connectivity index (χ3v) is 4.29. The number of allylic oxidation sites excluding steroid dienone is 8. The van der Waals surface area contributed by atoms with Crippen molar-refractivity contribution in [1.82, 2.24) is 9.78 Å². The molecule has 0 atom stereocenters. The monoisotopic (exact) mass is 404 g/mol. The molecular formula is C25H20FeN2. The Labute approximate surface area is 177 Å². The van der Waals surface area contributed by atoms with Gasteiger partial charge in [0, 0.05) is 35.5 Å². The summed E-state index contributed by atoms with van der Waals surface area (Å²) in [6.07, 6.45) is 18.3. The van der Waals surface area contributed by atoms with Crippen LogP contribution in [0.25, 0.3) is 22.5 Å². The van der Waals surface area contributed by atoms with Crippen molar-refractivity contribution in [1.29, 1.82) is 0 Å². The van der Waals surface area contributed by atoms with Gasteiger partial charge in [0.25, 0.3) is 0 Å². The second-order valence-electron chi connectivity index (χ2n) is 6.16. The first-order valence-corrected chi connectivity index (χ1v) is 9.01. The third-order valence-electron chi connectivity index (χ3n) is 4.29. The van der Waals surface area contributed by atoms with Crippen LogP contribution in [0.2, 0.25) is 0 Å². The van der Waals surface area contributed by atoms with Crippen LogP contribution in [0.3, 0.4) is 0 Å². The van der Waals surface area contributed by atoms with Gasteiger partial charge in [0.1, 0.15) is 0 Å². The summed E-state index contributed by atoms with van der Waals surface area (Å²) in [4.78, 5) is 0. The van der Waals surface area contributed by atoms with Crippen molar-refractivity contribution in [3.05, 3.63) is 128 Å². The summed E-state index contributed by atoms with van der Waals surface area (Å²) in [7, 11) is 0. The molecule has 0 saturated heterocycles. The van der Waals surface area contributed by atoms with E-state index in [1.807, 2.05) is 72.2 Å². The van der Waals surface area contributed by atoms with E-state index in [0.29, 0.717) is 0 Å². The Balaban J connectivity index is 0.000000329. The Hall–Kier alpha value is -2.87. The molecule has 0 saturated carbocycles. The van der Waals surface area contributed by atoms with Gasteiger partial charge < -0.3 is 0 Å². The maximum atomic E-state index is 4.82. The Morgan fingerprint density at radius 1 is 0.679 bits per heavy atom. The van der Waals surface area contributed by atoms with Crippen LogP contribution in [0, 0.1) is 12.8 Å². The smallest absolute Gasteiger partial charge is 0.0931 e. The second-order valence-corrected chi connectivity index (χ2v) is 6.16. The number of aromatic nitrogens is 2. The Bertz CT molecular complexity index is 942. The molecule has 0 N–H and O–H groups in total. The van der Waals surface area contributed by atoms with Gasteiger partial charge in [0.15, 0.2) is 0 Å². The van der Waals surface area contributed by atoms with Crippen molar-refractivity contribution in [2.24, 2.45) is 0 Å². The van der Waals surface area contributed by atoms with Crippen LogP contribution in [0.5, 0.6) is 0 Å². The molecule has 2 nitrogen and oxygen atoms in total. The van der Waals surface area contributed by atoms with Gasteiger partial charge in [-0.3, -0.25) is 0 Å². The van der Waals surface area contributed by atoms with E-state index >= 15 is 0 Å². The molecule has 0 fully saturated rings. The van der Waals surface area contributed by atoms with Gasteiger partial charge in [-0.25, -0.2) is 4.68 Å². The molecular weight excluding hydrogens is 384 g/mol. The number of para-hydroxylation sites is 1. The minimum absolute atomic E-state index is 0. The molecule has 28 heavy (non-hydrogen) atoms. The Kier molecular flexibility index (Phi) is 7.02. The molecule has 5 rings (SSSR count). The molecule has 2 radical (unpaired) electrons. The maximum absolute atomic E-state index is 4.82. The van der Waals surface area contributed by atoms with E-state index in [4.69, 9.17) is 5.10 Å². The summed E-state index contributed by atoms with van der Waals surface area (Å²) >= 11 is 0. The SMILES string of the molecule is [CH]1C=CC(c2cc(-c3ccccc3)n(-c3ccccc3)n2)=C1.[CH]1C=CC=C1.[Fe]. The van der Waals surface area contributed by atoms with Gasteiger partial charge in [0.2, 0.25) is 0 Å². The van der Waals surface area contributed by atoms with Gasteiger partial charge in [-0.2, -0.15) is 5.10 Å². The number of benzene rings is 2. The molecule has 2 aliphatic rings. The van der Waals surface area contributed by atoms with Crippen molar-refractivity contribution in [2.45, 2.75) is 0 Å². The normalized spacial score (nSPS) is 13.6. The first kappa shape index (κ1) is 19.9. The minimum atomic E-state index is 0. The molecule has 0 spiro atoms. The molecule has 1 aromatic heterocycles. The van der Waals surface area contributed by atoms with Crippen LogP contribution >= 0.6 is 0 Å². The summed E-state index contributed by atoms with van der Waals surface area (Å²) in [5.74, 6) is 0. The molecule has 1 heterocycles. The Morgan fingerprint density at radius 2 is 1.36 bits per heavy atom. The van der Waals surface area contributed by atoms with Crippen LogP contribution in [0.1, 0.15) is 5.69 Å². The summed E-state index contributed by atoms with van der Waals surface area (Å²) in [5.41, 5.74) is 5.47. The molecule has 0 unspecified atom stereocenters. The molecule has 0 amide bonds. The van der Waals surface area contributed by atoms with Gasteiger partial charge in [-0.05, 0) is 23.8 Å². The zero-order valence-electron chi connectivity index (χ0n) is 15.3. The first-order valence-electron chi connectivity index (χ1n) is 9.01. The van der Waals surface area contributed by atoms with E-state index in [-0.39, 0.29) is 17.1 Å². The largest absolute Gasteiger partial charge is 0.232 e. The summed E-state index contributed by atoms with van der Waals surface area (Å²) in [6, 6.07) is 22.8. The average molecular weight is 404 g/mol. The molecule has 2 aliphatic carbocycles.